The van der Waals surface area contributed by atoms with Crippen molar-refractivity contribution in [2.24, 2.45) is 5.92 Å². The minimum atomic E-state index is -0.0851. The highest BCUT2D eigenvalue weighted by molar-refractivity contribution is 6.33. The van der Waals surface area contributed by atoms with Crippen molar-refractivity contribution in [3.05, 3.63) is 40.7 Å². The van der Waals surface area contributed by atoms with Gasteiger partial charge in [-0.25, -0.2) is 0 Å². The van der Waals surface area contributed by atoms with Gasteiger partial charge in [0.05, 0.1) is 23.2 Å². The Morgan fingerprint density at radius 3 is 2.91 bits per heavy atom. The quantitative estimate of drug-likeness (QED) is 0.866. The van der Waals surface area contributed by atoms with Crippen LogP contribution in [0.1, 0.15) is 48.3 Å². The fourth-order valence-corrected chi connectivity index (χ4v) is 3.37. The summed E-state index contributed by atoms with van der Waals surface area (Å²) < 4.78 is 2.16. The van der Waals surface area contributed by atoms with Gasteiger partial charge in [-0.1, -0.05) is 25.4 Å². The third-order valence-corrected chi connectivity index (χ3v) is 4.40. The minimum Gasteiger partial charge on any atom is -0.329 e. The van der Waals surface area contributed by atoms with Crippen LogP contribution in [0.3, 0.4) is 0 Å². The predicted octanol–water partition coefficient (Wildman–Crippen LogP) is 2.88. The molecule has 1 aliphatic heterocycles. The van der Waals surface area contributed by atoms with Crippen LogP contribution in [-0.2, 0) is 6.54 Å². The lowest BCUT2D eigenvalue weighted by Crippen LogP contribution is -2.42. The number of hydrogen-bond donors (Lipinski definition) is 0. The zero-order valence-corrected chi connectivity index (χ0v) is 14.3. The molecule has 0 N–H and O–H groups in total. The third-order valence-electron chi connectivity index (χ3n) is 4.10. The topological polar surface area (TPSA) is 63.9 Å². The summed E-state index contributed by atoms with van der Waals surface area (Å²) in [5, 5.41) is 8.79. The smallest absolute Gasteiger partial charge is 0.255 e. The number of nitrogens with zero attached hydrogens (tertiary/aromatic N) is 5. The van der Waals surface area contributed by atoms with E-state index >= 15 is 0 Å². The molecule has 2 aromatic rings. The molecule has 0 unspecified atom stereocenters. The van der Waals surface area contributed by atoms with E-state index in [2.05, 4.69) is 33.6 Å². The summed E-state index contributed by atoms with van der Waals surface area (Å²) in [6.07, 6.45) is 4.05. The standard InChI is InChI=1S/C16H20ClN5O/c1-10(2)6-12-8-21(9-15-20-19-11(3)22(12)15)16(23)13-4-5-18-7-14(13)17/h4-5,7,10,12H,6,8-9H2,1-3H3/t12-/m0/s1. The molecule has 7 heteroatoms. The highest BCUT2D eigenvalue weighted by Gasteiger charge is 2.31. The summed E-state index contributed by atoms with van der Waals surface area (Å²) in [5.41, 5.74) is 0.481. The average Bonchev–Trinajstić information content (AvgIpc) is 2.88. The number of hydrogen-bond acceptors (Lipinski definition) is 4. The Balaban J connectivity index is 1.91. The van der Waals surface area contributed by atoms with E-state index in [1.165, 1.54) is 6.20 Å². The summed E-state index contributed by atoms with van der Waals surface area (Å²) in [6.45, 7) is 7.41. The molecule has 0 saturated heterocycles. The zero-order valence-electron chi connectivity index (χ0n) is 13.5. The normalized spacial score (nSPS) is 17.4. The molecule has 6 nitrogen and oxygen atoms in total. The van der Waals surface area contributed by atoms with Crippen LogP contribution in [0.4, 0.5) is 0 Å². The number of amides is 1. The van der Waals surface area contributed by atoms with E-state index in [1.807, 2.05) is 6.92 Å². The Kier molecular flexibility index (Phi) is 4.35. The maximum absolute atomic E-state index is 12.8. The van der Waals surface area contributed by atoms with Gasteiger partial charge in [0.1, 0.15) is 5.82 Å². The Morgan fingerprint density at radius 1 is 1.43 bits per heavy atom. The van der Waals surface area contributed by atoms with Crippen LogP contribution < -0.4 is 0 Å². The first-order valence-electron chi connectivity index (χ1n) is 7.76. The molecule has 1 aliphatic rings. The van der Waals surface area contributed by atoms with Gasteiger partial charge in [0, 0.05) is 18.9 Å². The first kappa shape index (κ1) is 15.9. The number of rotatable bonds is 3. The Labute approximate surface area is 140 Å². The molecule has 0 saturated carbocycles. The number of fused-ring (bicyclic) bond motifs is 1. The van der Waals surface area contributed by atoms with Crippen LogP contribution in [0, 0.1) is 12.8 Å². The highest BCUT2D eigenvalue weighted by atomic mass is 35.5. The second kappa shape index (κ2) is 6.28. The number of aryl methyl sites for hydroxylation is 1. The molecule has 0 fully saturated rings. The summed E-state index contributed by atoms with van der Waals surface area (Å²) >= 11 is 6.12. The van der Waals surface area contributed by atoms with Crippen LogP contribution in [-0.4, -0.2) is 37.1 Å². The van der Waals surface area contributed by atoms with Crippen LogP contribution in [0.5, 0.6) is 0 Å². The molecule has 2 aromatic heterocycles. The second-order valence-corrected chi connectivity index (χ2v) is 6.77. The lowest BCUT2D eigenvalue weighted by Gasteiger charge is -2.35. The minimum absolute atomic E-state index is 0.0851. The molecule has 0 radical (unpaired) electrons. The Morgan fingerprint density at radius 2 is 2.22 bits per heavy atom. The van der Waals surface area contributed by atoms with Crippen molar-refractivity contribution in [1.82, 2.24) is 24.6 Å². The van der Waals surface area contributed by atoms with Gasteiger partial charge >= 0.3 is 0 Å². The highest BCUT2D eigenvalue weighted by Crippen LogP contribution is 2.28. The summed E-state index contributed by atoms with van der Waals surface area (Å²) in [4.78, 5) is 18.6. The fourth-order valence-electron chi connectivity index (χ4n) is 3.17. The lowest BCUT2D eigenvalue weighted by molar-refractivity contribution is 0.0660. The molecule has 122 valence electrons. The maximum atomic E-state index is 12.8. The van der Waals surface area contributed by atoms with Gasteiger partial charge in [-0.15, -0.1) is 10.2 Å². The van der Waals surface area contributed by atoms with E-state index in [9.17, 15) is 4.79 Å². The Bertz CT molecular complexity index is 727. The molecule has 0 aromatic carbocycles. The zero-order chi connectivity index (χ0) is 16.6. The third kappa shape index (κ3) is 3.08. The molecule has 23 heavy (non-hydrogen) atoms. The predicted molar refractivity (Wildman–Crippen MR) is 87.2 cm³/mol. The van der Waals surface area contributed by atoms with Gasteiger partial charge in [-0.05, 0) is 25.3 Å². The van der Waals surface area contributed by atoms with E-state index in [0.29, 0.717) is 29.6 Å². The largest absolute Gasteiger partial charge is 0.329 e. The lowest BCUT2D eigenvalue weighted by atomic mass is 10.0. The van der Waals surface area contributed by atoms with Crippen molar-refractivity contribution in [2.45, 2.75) is 39.8 Å². The van der Waals surface area contributed by atoms with Gasteiger partial charge in [-0.2, -0.15) is 0 Å². The average molecular weight is 334 g/mol. The number of aromatic nitrogens is 4. The monoisotopic (exact) mass is 333 g/mol. The number of carbonyl (C=O) groups is 1. The van der Waals surface area contributed by atoms with E-state index in [1.54, 1.807) is 17.2 Å². The summed E-state index contributed by atoms with van der Waals surface area (Å²) in [7, 11) is 0. The van der Waals surface area contributed by atoms with Crippen LogP contribution in [0.25, 0.3) is 0 Å². The van der Waals surface area contributed by atoms with Crippen LogP contribution in [0.2, 0.25) is 5.02 Å². The molecule has 3 heterocycles. The van der Waals surface area contributed by atoms with Gasteiger partial charge in [0.25, 0.3) is 5.91 Å². The summed E-state index contributed by atoms with van der Waals surface area (Å²) in [6, 6.07) is 1.85. The fraction of sp³-hybridized carbons (Fsp3) is 0.500. The number of carbonyl (C=O) groups excluding carboxylic acids is 1. The molecule has 0 spiro atoms. The van der Waals surface area contributed by atoms with Crippen molar-refractivity contribution < 1.29 is 4.79 Å². The molecule has 0 bridgehead atoms. The molecule has 3 rings (SSSR count). The van der Waals surface area contributed by atoms with E-state index in [0.717, 1.165) is 18.1 Å². The SMILES string of the molecule is Cc1nnc2n1[C@@H](CC(C)C)CN(C(=O)c1ccncc1Cl)C2. The Hall–Kier alpha value is -1.95. The molecular weight excluding hydrogens is 314 g/mol. The van der Waals surface area contributed by atoms with E-state index < -0.39 is 0 Å². The maximum Gasteiger partial charge on any atom is 0.255 e. The van der Waals surface area contributed by atoms with Crippen molar-refractivity contribution in [3.63, 3.8) is 0 Å². The van der Waals surface area contributed by atoms with Gasteiger partial charge in [0.2, 0.25) is 0 Å². The van der Waals surface area contributed by atoms with Crippen LogP contribution >= 0.6 is 11.6 Å². The first-order chi connectivity index (χ1) is 11.0. The molecule has 1 amide bonds. The number of pyridine rings is 1. The van der Waals surface area contributed by atoms with Gasteiger partial charge in [0.15, 0.2) is 5.82 Å². The van der Waals surface area contributed by atoms with E-state index in [-0.39, 0.29) is 11.9 Å². The van der Waals surface area contributed by atoms with E-state index in [4.69, 9.17) is 11.6 Å². The second-order valence-electron chi connectivity index (χ2n) is 6.36. The number of halogens is 1. The molecular formula is C16H20ClN5O. The van der Waals surface area contributed by atoms with Crippen molar-refractivity contribution >= 4 is 17.5 Å². The molecule has 1 atom stereocenters. The van der Waals surface area contributed by atoms with Crippen molar-refractivity contribution in [3.8, 4) is 0 Å². The van der Waals surface area contributed by atoms with Gasteiger partial charge in [-0.3, -0.25) is 9.78 Å². The van der Waals surface area contributed by atoms with Gasteiger partial charge < -0.3 is 9.47 Å². The van der Waals surface area contributed by atoms with Crippen molar-refractivity contribution in [1.29, 1.82) is 0 Å². The molecule has 0 aliphatic carbocycles. The first-order valence-corrected chi connectivity index (χ1v) is 8.14. The van der Waals surface area contributed by atoms with Crippen molar-refractivity contribution in [2.75, 3.05) is 6.54 Å². The summed E-state index contributed by atoms with van der Waals surface area (Å²) in [5.74, 6) is 2.17. The van der Waals surface area contributed by atoms with Crippen LogP contribution in [0.15, 0.2) is 18.5 Å².